The molecule has 0 radical (unpaired) electrons. The van der Waals surface area contributed by atoms with Gasteiger partial charge < -0.3 is 15.8 Å². The van der Waals surface area contributed by atoms with Crippen molar-refractivity contribution in [2.45, 2.75) is 39.2 Å². The Kier molecular flexibility index (Phi) is 5.52. The fourth-order valence-electron chi connectivity index (χ4n) is 3.23. The van der Waals surface area contributed by atoms with E-state index in [0.29, 0.717) is 25.0 Å². The van der Waals surface area contributed by atoms with Gasteiger partial charge in [-0.25, -0.2) is 0 Å². The number of anilines is 2. The molecule has 8 nitrogen and oxygen atoms in total. The van der Waals surface area contributed by atoms with Crippen LogP contribution in [0.2, 0.25) is 0 Å². The summed E-state index contributed by atoms with van der Waals surface area (Å²) in [4.78, 5) is 12.4. The smallest absolute Gasteiger partial charge is 0.257 e. The van der Waals surface area contributed by atoms with Crippen LogP contribution in [0.1, 0.15) is 40.2 Å². The van der Waals surface area contributed by atoms with E-state index in [-0.39, 0.29) is 17.6 Å². The van der Waals surface area contributed by atoms with E-state index in [1.54, 1.807) is 0 Å². The van der Waals surface area contributed by atoms with E-state index in [4.69, 9.17) is 10.5 Å². The maximum atomic E-state index is 14.7. The number of nitrogen functional groups attached to an aromatic ring is 1. The minimum atomic E-state index is -0.659. The van der Waals surface area contributed by atoms with E-state index >= 15 is 0 Å². The van der Waals surface area contributed by atoms with Crippen molar-refractivity contribution in [3.05, 3.63) is 45.4 Å². The molecule has 1 aliphatic rings. The molecule has 1 aliphatic carbocycles. The van der Waals surface area contributed by atoms with Gasteiger partial charge in [-0.3, -0.25) is 4.98 Å². The largest absolute Gasteiger partial charge is 0.475 e. The summed E-state index contributed by atoms with van der Waals surface area (Å²) in [6, 6.07) is 6.07. The van der Waals surface area contributed by atoms with Crippen LogP contribution in [0.25, 0.3) is 0 Å². The summed E-state index contributed by atoms with van der Waals surface area (Å²) in [6.07, 6.45) is 1.87. The van der Waals surface area contributed by atoms with E-state index in [1.807, 2.05) is 26.0 Å². The molecule has 2 atom stereocenters. The lowest BCUT2D eigenvalue weighted by Gasteiger charge is -2.10. The van der Waals surface area contributed by atoms with Crippen LogP contribution < -0.4 is 15.8 Å². The van der Waals surface area contributed by atoms with Gasteiger partial charge in [-0.2, -0.15) is 14.4 Å². The Balaban J connectivity index is 1.32. The first kappa shape index (κ1) is 19.4. The Bertz CT molecular complexity index is 1010. The Labute approximate surface area is 171 Å². The van der Waals surface area contributed by atoms with Gasteiger partial charge in [-0.1, -0.05) is 17.4 Å². The molecule has 1 saturated carbocycles. The number of nitrogens with one attached hydrogen (secondary N) is 1. The van der Waals surface area contributed by atoms with Crippen LogP contribution in [0.5, 0.6) is 5.88 Å². The molecule has 0 aliphatic heterocycles. The van der Waals surface area contributed by atoms with Crippen LogP contribution in [-0.2, 0) is 6.54 Å². The maximum absolute atomic E-state index is 14.7. The summed E-state index contributed by atoms with van der Waals surface area (Å²) < 4.78 is 20.3. The van der Waals surface area contributed by atoms with Gasteiger partial charge in [-0.05, 0) is 44.7 Å². The second-order valence-electron chi connectivity index (χ2n) is 7.06. The number of aryl methyl sites for hydroxylation is 2. The van der Waals surface area contributed by atoms with Crippen LogP contribution in [0.15, 0.2) is 18.2 Å². The molecule has 0 unspecified atom stereocenters. The molecule has 3 N–H and O–H groups in total. The molecule has 1 fully saturated rings. The van der Waals surface area contributed by atoms with E-state index in [2.05, 4.69) is 36.5 Å². The van der Waals surface area contributed by atoms with Crippen molar-refractivity contribution in [3.63, 3.8) is 0 Å². The van der Waals surface area contributed by atoms with Crippen LogP contribution in [0.3, 0.4) is 0 Å². The van der Waals surface area contributed by atoms with Gasteiger partial charge in [0.25, 0.3) is 5.88 Å². The summed E-state index contributed by atoms with van der Waals surface area (Å²) in [6.45, 7) is 4.50. The average molecular weight is 415 g/mol. The van der Waals surface area contributed by atoms with Gasteiger partial charge in [0.05, 0.1) is 13.2 Å². The molecular formula is C19H22FN7OS. The second kappa shape index (κ2) is 8.24. The zero-order valence-electron chi connectivity index (χ0n) is 16.2. The van der Waals surface area contributed by atoms with E-state index in [1.165, 1.54) is 11.3 Å². The van der Waals surface area contributed by atoms with Crippen molar-refractivity contribution in [3.8, 4) is 5.88 Å². The number of aromatic nitrogens is 5. The highest BCUT2D eigenvalue weighted by Crippen LogP contribution is 2.48. The quantitative estimate of drug-likeness (QED) is 0.577. The predicted octanol–water partition coefficient (Wildman–Crippen LogP) is 3.25. The van der Waals surface area contributed by atoms with Gasteiger partial charge in [0.2, 0.25) is 11.8 Å². The molecule has 152 valence electrons. The zero-order valence-corrected chi connectivity index (χ0v) is 17.0. The summed E-state index contributed by atoms with van der Waals surface area (Å²) in [5, 5.41) is 12.4. The predicted molar refractivity (Wildman–Crippen MR) is 108 cm³/mol. The Morgan fingerprint density at radius 3 is 2.86 bits per heavy atom. The van der Waals surface area contributed by atoms with Gasteiger partial charge in [-0.15, -0.1) is 10.2 Å². The van der Waals surface area contributed by atoms with Crippen LogP contribution in [0, 0.1) is 25.6 Å². The number of ether oxygens (including phenoxy) is 1. The van der Waals surface area contributed by atoms with Crippen LogP contribution in [0.4, 0.5) is 16.2 Å². The summed E-state index contributed by atoms with van der Waals surface area (Å²) in [7, 11) is 0. The molecule has 0 spiro atoms. The maximum Gasteiger partial charge on any atom is 0.257 e. The van der Waals surface area contributed by atoms with Gasteiger partial charge in [0.1, 0.15) is 10.0 Å². The molecule has 4 rings (SSSR count). The van der Waals surface area contributed by atoms with Crippen LogP contribution in [-0.4, -0.2) is 31.8 Å². The molecule has 3 aromatic heterocycles. The second-order valence-corrected chi connectivity index (χ2v) is 8.33. The highest BCUT2D eigenvalue weighted by atomic mass is 32.1. The Morgan fingerprint density at radius 2 is 2.10 bits per heavy atom. The number of rotatable bonds is 8. The van der Waals surface area contributed by atoms with Crippen molar-refractivity contribution < 1.29 is 9.13 Å². The number of nitrogens with zero attached hydrogens (tertiary/aromatic N) is 5. The minimum Gasteiger partial charge on any atom is -0.475 e. The Hall–Kier alpha value is -2.88. The normalized spacial score (nSPS) is 17.9. The van der Waals surface area contributed by atoms with E-state index < -0.39 is 5.82 Å². The topological polar surface area (TPSA) is 112 Å². The van der Waals surface area contributed by atoms with Crippen molar-refractivity contribution in [1.82, 2.24) is 25.1 Å². The van der Waals surface area contributed by atoms with Crippen molar-refractivity contribution in [1.29, 1.82) is 0 Å². The third kappa shape index (κ3) is 4.76. The monoisotopic (exact) mass is 415 g/mol. The first-order valence-corrected chi connectivity index (χ1v) is 10.2. The fourth-order valence-corrected chi connectivity index (χ4v) is 3.88. The summed E-state index contributed by atoms with van der Waals surface area (Å²) in [5.41, 5.74) is 7.85. The van der Waals surface area contributed by atoms with Gasteiger partial charge in [0.15, 0.2) is 5.82 Å². The lowest BCUT2D eigenvalue weighted by Crippen LogP contribution is -2.10. The first-order chi connectivity index (χ1) is 14.0. The average Bonchev–Trinajstić information content (AvgIpc) is 3.35. The van der Waals surface area contributed by atoms with Crippen molar-refractivity contribution >= 4 is 23.1 Å². The van der Waals surface area contributed by atoms with Crippen molar-refractivity contribution in [2.75, 3.05) is 17.7 Å². The molecule has 0 bridgehead atoms. The first-order valence-electron chi connectivity index (χ1n) is 9.42. The molecule has 3 heterocycles. The third-order valence-corrected chi connectivity index (χ3v) is 5.59. The van der Waals surface area contributed by atoms with E-state index in [0.717, 1.165) is 34.2 Å². The lowest BCUT2D eigenvalue weighted by atomic mass is 10.2. The number of halogens is 1. The number of hydrogen-bond acceptors (Lipinski definition) is 9. The highest BCUT2D eigenvalue weighted by Gasteiger charge is 2.39. The summed E-state index contributed by atoms with van der Waals surface area (Å²) in [5.74, 6) is 0.0860. The molecule has 3 aromatic rings. The van der Waals surface area contributed by atoms with Crippen LogP contribution >= 0.6 is 11.3 Å². The standard InChI is InChI=1S/C19H22FN7OS/c1-10-4-3-5-14(23-10)13-8-12(13)6-7-28-18-16(20)17(24-19(21)25-18)22-9-15-27-26-11(2)29-15/h3-5,12-13H,6-9H2,1-2H3,(H3,21,22,24,25)/t12-,13-/m0/s1. The third-order valence-electron chi connectivity index (χ3n) is 4.75. The molecule has 0 amide bonds. The molecule has 29 heavy (non-hydrogen) atoms. The number of nitrogens with two attached hydrogens (primary N) is 1. The number of pyridine rings is 1. The zero-order chi connectivity index (χ0) is 20.4. The lowest BCUT2D eigenvalue weighted by molar-refractivity contribution is 0.275. The highest BCUT2D eigenvalue weighted by molar-refractivity contribution is 7.11. The van der Waals surface area contributed by atoms with Gasteiger partial charge >= 0.3 is 0 Å². The minimum absolute atomic E-state index is 0.00591. The SMILES string of the molecule is Cc1cccc([C@H]2C[C@@H]2CCOc2nc(N)nc(NCc3nnc(C)s3)c2F)n1. The molecule has 0 aromatic carbocycles. The van der Waals surface area contributed by atoms with Gasteiger partial charge in [0, 0.05) is 17.3 Å². The fraction of sp³-hybridized carbons (Fsp3) is 0.421. The summed E-state index contributed by atoms with van der Waals surface area (Å²) >= 11 is 1.43. The Morgan fingerprint density at radius 1 is 1.24 bits per heavy atom. The van der Waals surface area contributed by atoms with Crippen molar-refractivity contribution in [2.24, 2.45) is 5.92 Å². The molecule has 0 saturated heterocycles. The molecular weight excluding hydrogens is 393 g/mol. The number of hydrogen-bond donors (Lipinski definition) is 2. The van der Waals surface area contributed by atoms with E-state index in [9.17, 15) is 4.39 Å². The molecule has 10 heteroatoms.